The topological polar surface area (TPSA) is 127 Å². The van der Waals surface area contributed by atoms with Crippen molar-refractivity contribution in [1.29, 1.82) is 0 Å². The fourth-order valence-corrected chi connectivity index (χ4v) is 4.65. The summed E-state index contributed by atoms with van der Waals surface area (Å²) in [5, 5.41) is 13.7. The zero-order valence-electron chi connectivity index (χ0n) is 21.1. The first kappa shape index (κ1) is 24.4. The maximum Gasteiger partial charge on any atom is 0.278 e. The summed E-state index contributed by atoms with van der Waals surface area (Å²) >= 11 is 0. The monoisotopic (exact) mass is 502 g/mol. The molecule has 4 aromatic heterocycles. The molecule has 0 bridgehead atoms. The minimum Gasteiger partial charge on any atom is -0.381 e. The summed E-state index contributed by atoms with van der Waals surface area (Å²) < 4.78 is 8.58. The highest BCUT2D eigenvalue weighted by atomic mass is 16.5. The number of ether oxygens (including phenoxy) is 1. The SMILES string of the molecule is CNc1cc(Nc2cccn(-c3ccc(C)nc3)c2=O)nc2c(C(=O)N[C@H]3CCC[C@H](OC)C3)cnn12. The van der Waals surface area contributed by atoms with E-state index < -0.39 is 0 Å². The van der Waals surface area contributed by atoms with Crippen molar-refractivity contribution in [2.24, 2.45) is 0 Å². The molecule has 0 aromatic carbocycles. The highest BCUT2D eigenvalue weighted by Gasteiger charge is 2.25. The Bertz CT molecular complexity index is 1480. The van der Waals surface area contributed by atoms with Crippen LogP contribution in [0.25, 0.3) is 11.3 Å². The fraction of sp³-hybridized carbons (Fsp3) is 0.346. The summed E-state index contributed by atoms with van der Waals surface area (Å²) in [5.41, 5.74) is 2.34. The predicted molar refractivity (Wildman–Crippen MR) is 141 cm³/mol. The van der Waals surface area contributed by atoms with Gasteiger partial charge in [-0.25, -0.2) is 4.98 Å². The molecule has 1 fully saturated rings. The van der Waals surface area contributed by atoms with E-state index >= 15 is 0 Å². The van der Waals surface area contributed by atoms with Gasteiger partial charge in [-0.05, 0) is 56.9 Å². The Morgan fingerprint density at radius 3 is 2.81 bits per heavy atom. The van der Waals surface area contributed by atoms with Crippen molar-refractivity contribution in [3.8, 4) is 5.69 Å². The lowest BCUT2D eigenvalue weighted by atomic mass is 9.92. The maximum atomic E-state index is 13.2. The van der Waals surface area contributed by atoms with Crippen LogP contribution in [0.4, 0.5) is 17.3 Å². The minimum atomic E-state index is -0.252. The average Bonchev–Trinajstić information content (AvgIpc) is 3.34. The van der Waals surface area contributed by atoms with Crippen molar-refractivity contribution in [3.63, 3.8) is 0 Å². The lowest BCUT2D eigenvalue weighted by molar-refractivity contribution is 0.0563. The molecule has 3 N–H and O–H groups in total. The number of fused-ring (bicyclic) bond motifs is 1. The number of nitrogens with zero attached hydrogens (tertiary/aromatic N) is 5. The third kappa shape index (κ3) is 5.03. The van der Waals surface area contributed by atoms with Crippen molar-refractivity contribution in [3.05, 3.63) is 70.5 Å². The van der Waals surface area contributed by atoms with Crippen molar-refractivity contribution in [1.82, 2.24) is 29.5 Å². The van der Waals surface area contributed by atoms with Gasteiger partial charge >= 0.3 is 0 Å². The minimum absolute atomic E-state index is 0.0327. The number of carbonyl (C=O) groups excluding carboxylic acids is 1. The molecule has 11 nitrogen and oxygen atoms in total. The van der Waals surface area contributed by atoms with Crippen molar-refractivity contribution >= 4 is 28.9 Å². The van der Waals surface area contributed by atoms with Gasteiger partial charge in [0.2, 0.25) is 0 Å². The van der Waals surface area contributed by atoms with Gasteiger partial charge in [-0.3, -0.25) is 19.1 Å². The number of carbonyl (C=O) groups is 1. The highest BCUT2D eigenvalue weighted by molar-refractivity contribution is 6.00. The summed E-state index contributed by atoms with van der Waals surface area (Å²) in [7, 11) is 3.46. The molecule has 4 heterocycles. The van der Waals surface area contributed by atoms with Crippen LogP contribution >= 0.6 is 0 Å². The summed E-state index contributed by atoms with van der Waals surface area (Å²) in [6, 6.07) is 8.92. The molecule has 1 aliphatic rings. The molecule has 0 saturated heterocycles. The van der Waals surface area contributed by atoms with Crippen molar-refractivity contribution in [2.45, 2.75) is 44.8 Å². The van der Waals surface area contributed by atoms with Crippen LogP contribution < -0.4 is 21.5 Å². The molecule has 0 spiro atoms. The van der Waals surface area contributed by atoms with Crippen LogP contribution in [0, 0.1) is 6.92 Å². The molecule has 192 valence electrons. The number of nitrogens with one attached hydrogen (secondary N) is 3. The van der Waals surface area contributed by atoms with Crippen LogP contribution in [-0.4, -0.2) is 56.4 Å². The van der Waals surface area contributed by atoms with E-state index in [4.69, 9.17) is 4.74 Å². The molecule has 1 aliphatic carbocycles. The van der Waals surface area contributed by atoms with E-state index in [1.165, 1.54) is 10.8 Å². The van der Waals surface area contributed by atoms with Crippen molar-refractivity contribution in [2.75, 3.05) is 24.8 Å². The Hall–Kier alpha value is -4.25. The van der Waals surface area contributed by atoms with E-state index in [1.807, 2.05) is 19.1 Å². The number of pyridine rings is 2. The summed E-state index contributed by atoms with van der Waals surface area (Å²) in [6.45, 7) is 1.89. The van der Waals surface area contributed by atoms with Crippen LogP contribution in [0.5, 0.6) is 0 Å². The first-order valence-corrected chi connectivity index (χ1v) is 12.3. The fourth-order valence-electron chi connectivity index (χ4n) is 4.65. The lowest BCUT2D eigenvalue weighted by Gasteiger charge is -2.28. The summed E-state index contributed by atoms with van der Waals surface area (Å²) in [5.74, 6) is 0.778. The number of hydrogen-bond acceptors (Lipinski definition) is 8. The van der Waals surface area contributed by atoms with Gasteiger partial charge in [0.25, 0.3) is 11.5 Å². The Morgan fingerprint density at radius 2 is 2.05 bits per heavy atom. The second-order valence-corrected chi connectivity index (χ2v) is 9.14. The van der Waals surface area contributed by atoms with Gasteiger partial charge in [-0.2, -0.15) is 9.61 Å². The smallest absolute Gasteiger partial charge is 0.278 e. The quantitative estimate of drug-likeness (QED) is 0.352. The predicted octanol–water partition coefficient (Wildman–Crippen LogP) is 3.06. The largest absolute Gasteiger partial charge is 0.381 e. The molecule has 11 heteroatoms. The average molecular weight is 503 g/mol. The van der Waals surface area contributed by atoms with Crippen LogP contribution in [0.15, 0.2) is 53.7 Å². The summed E-state index contributed by atoms with van der Waals surface area (Å²) in [6.07, 6.45) is 8.70. The van der Waals surface area contributed by atoms with Crippen molar-refractivity contribution < 1.29 is 9.53 Å². The van der Waals surface area contributed by atoms with Gasteiger partial charge in [0, 0.05) is 38.2 Å². The maximum absolute atomic E-state index is 13.2. The number of methoxy groups -OCH3 is 1. The molecular formula is C26H30N8O3. The van der Waals surface area contributed by atoms with Crippen LogP contribution in [-0.2, 0) is 4.74 Å². The molecular weight excluding hydrogens is 472 g/mol. The standard InChI is InChI=1S/C26H30N8O3/c1-16-9-10-18(14-28-16)33-11-5-8-21(26(33)36)31-22-13-23(27-2)34-24(32-22)20(15-29-34)25(35)30-17-6-4-7-19(12-17)37-3/h5,8-11,13-15,17,19,27H,4,6-7,12H2,1-3H3,(H,30,35)(H,31,32)/t17-,19-/m0/s1. The van der Waals surface area contributed by atoms with E-state index in [0.717, 1.165) is 31.4 Å². The van der Waals surface area contributed by atoms with Gasteiger partial charge in [0.1, 0.15) is 22.9 Å². The molecule has 0 radical (unpaired) electrons. The third-order valence-electron chi connectivity index (χ3n) is 6.65. The van der Waals surface area contributed by atoms with Gasteiger partial charge in [-0.1, -0.05) is 0 Å². The van der Waals surface area contributed by atoms with E-state index in [1.54, 1.807) is 49.3 Å². The molecule has 1 saturated carbocycles. The number of aromatic nitrogens is 5. The van der Waals surface area contributed by atoms with Gasteiger partial charge in [0.05, 0.1) is 24.2 Å². The second-order valence-electron chi connectivity index (χ2n) is 9.14. The van der Waals surface area contributed by atoms with Crippen LogP contribution in [0.2, 0.25) is 0 Å². The van der Waals surface area contributed by atoms with E-state index in [2.05, 4.69) is 31.0 Å². The summed E-state index contributed by atoms with van der Waals surface area (Å²) in [4.78, 5) is 35.3. The number of anilines is 3. The molecule has 2 atom stereocenters. The zero-order valence-corrected chi connectivity index (χ0v) is 21.1. The van der Waals surface area contributed by atoms with Crippen LogP contribution in [0.3, 0.4) is 0 Å². The molecule has 4 aromatic rings. The van der Waals surface area contributed by atoms with E-state index in [9.17, 15) is 9.59 Å². The molecule has 0 aliphatic heterocycles. The lowest BCUT2D eigenvalue weighted by Crippen LogP contribution is -2.40. The number of hydrogen-bond donors (Lipinski definition) is 3. The molecule has 5 rings (SSSR count). The van der Waals surface area contributed by atoms with E-state index in [0.29, 0.717) is 34.2 Å². The zero-order chi connectivity index (χ0) is 25.9. The number of rotatable bonds is 7. The first-order chi connectivity index (χ1) is 18.0. The Balaban J connectivity index is 1.45. The Morgan fingerprint density at radius 1 is 1.19 bits per heavy atom. The van der Waals surface area contributed by atoms with Crippen LogP contribution in [0.1, 0.15) is 41.7 Å². The Labute approximate surface area is 213 Å². The number of aryl methyl sites for hydroxylation is 1. The highest BCUT2D eigenvalue weighted by Crippen LogP contribution is 2.23. The third-order valence-corrected chi connectivity index (χ3v) is 6.65. The number of amides is 1. The van der Waals surface area contributed by atoms with Gasteiger partial charge < -0.3 is 20.7 Å². The molecule has 37 heavy (non-hydrogen) atoms. The Kier molecular flexibility index (Phi) is 6.87. The second kappa shape index (κ2) is 10.4. The first-order valence-electron chi connectivity index (χ1n) is 12.3. The van der Waals surface area contributed by atoms with Gasteiger partial charge in [0.15, 0.2) is 5.65 Å². The normalized spacial score (nSPS) is 17.5. The molecule has 0 unspecified atom stereocenters. The van der Waals surface area contributed by atoms with Gasteiger partial charge in [-0.15, -0.1) is 0 Å². The molecule has 1 amide bonds. The van der Waals surface area contributed by atoms with E-state index in [-0.39, 0.29) is 23.6 Å².